The molecule has 1 N–H and O–H groups in total. The molecule has 2 bridgehead atoms. The van der Waals surface area contributed by atoms with Gasteiger partial charge in [-0.05, 0) is 51.5 Å². The van der Waals surface area contributed by atoms with Crippen molar-refractivity contribution in [3.8, 4) is 0 Å². The zero-order valence-electron chi connectivity index (χ0n) is 10.6. The van der Waals surface area contributed by atoms with Crippen LogP contribution in [-0.4, -0.2) is 36.6 Å². The van der Waals surface area contributed by atoms with Crippen LogP contribution < -0.4 is 5.32 Å². The highest BCUT2D eigenvalue weighted by Gasteiger charge is 2.38. The van der Waals surface area contributed by atoms with Crippen molar-refractivity contribution in [1.29, 1.82) is 0 Å². The van der Waals surface area contributed by atoms with Gasteiger partial charge in [-0.2, -0.15) is 0 Å². The van der Waals surface area contributed by atoms with Crippen molar-refractivity contribution in [3.63, 3.8) is 0 Å². The topological polar surface area (TPSA) is 15.3 Å². The zero-order chi connectivity index (χ0) is 11.0. The number of hydrogen-bond acceptors (Lipinski definition) is 2. The van der Waals surface area contributed by atoms with Gasteiger partial charge >= 0.3 is 0 Å². The Hall–Kier alpha value is -0.0800. The predicted molar refractivity (Wildman–Crippen MR) is 67.6 cm³/mol. The highest BCUT2D eigenvalue weighted by Crippen LogP contribution is 2.37. The summed E-state index contributed by atoms with van der Waals surface area (Å²) >= 11 is 0. The molecule has 1 aliphatic carbocycles. The first kappa shape index (κ1) is 11.0. The summed E-state index contributed by atoms with van der Waals surface area (Å²) in [6, 6.07) is 2.61. The molecule has 2 heteroatoms. The summed E-state index contributed by atoms with van der Waals surface area (Å²) in [7, 11) is 2.14. The van der Waals surface area contributed by atoms with Crippen molar-refractivity contribution < 1.29 is 0 Å². The van der Waals surface area contributed by atoms with Crippen LogP contribution in [0, 0.1) is 5.92 Å². The Bertz CT molecular complexity index is 223. The molecule has 3 rings (SSSR count). The molecule has 0 spiro atoms. The fourth-order valence-corrected chi connectivity index (χ4v) is 3.99. The van der Waals surface area contributed by atoms with Gasteiger partial charge in [0.1, 0.15) is 0 Å². The van der Waals surface area contributed by atoms with Gasteiger partial charge in [-0.15, -0.1) is 0 Å². The van der Waals surface area contributed by atoms with Crippen LogP contribution in [0.25, 0.3) is 0 Å². The van der Waals surface area contributed by atoms with Gasteiger partial charge < -0.3 is 5.32 Å². The maximum Gasteiger partial charge on any atom is 0.0113 e. The second-order valence-corrected chi connectivity index (χ2v) is 6.19. The molecule has 1 saturated carbocycles. The van der Waals surface area contributed by atoms with Crippen LogP contribution in [0.5, 0.6) is 0 Å². The largest absolute Gasteiger partial charge is 0.317 e. The van der Waals surface area contributed by atoms with Gasteiger partial charge in [-0.3, -0.25) is 4.90 Å². The Morgan fingerprint density at radius 1 is 1.00 bits per heavy atom. The molecule has 3 fully saturated rings. The van der Waals surface area contributed by atoms with Gasteiger partial charge in [-0.25, -0.2) is 0 Å². The summed E-state index contributed by atoms with van der Waals surface area (Å²) in [5, 5.41) is 3.51. The number of nitrogens with zero attached hydrogens (tertiary/aromatic N) is 1. The molecular weight excluding hydrogens is 196 g/mol. The molecule has 0 aromatic rings. The Morgan fingerprint density at radius 2 is 1.62 bits per heavy atom. The van der Waals surface area contributed by atoms with E-state index in [9.17, 15) is 0 Å². The Morgan fingerprint density at radius 3 is 2.12 bits per heavy atom. The van der Waals surface area contributed by atoms with E-state index in [2.05, 4.69) is 17.3 Å². The van der Waals surface area contributed by atoms with Crippen LogP contribution in [0.3, 0.4) is 0 Å². The SMILES string of the molecule is CNC1CC2CCCC(C1)N2CC1CCC1. The first-order chi connectivity index (χ1) is 7.86. The molecule has 3 aliphatic rings. The van der Waals surface area contributed by atoms with Crippen molar-refractivity contribution in [2.24, 2.45) is 5.92 Å². The minimum Gasteiger partial charge on any atom is -0.317 e. The third-order valence-corrected chi connectivity index (χ3v) is 5.23. The van der Waals surface area contributed by atoms with E-state index >= 15 is 0 Å². The third-order valence-electron chi connectivity index (χ3n) is 5.23. The van der Waals surface area contributed by atoms with Gasteiger partial charge in [0.15, 0.2) is 0 Å². The van der Waals surface area contributed by atoms with Crippen molar-refractivity contribution in [3.05, 3.63) is 0 Å². The lowest BCUT2D eigenvalue weighted by atomic mass is 9.78. The first-order valence-corrected chi connectivity index (χ1v) is 7.30. The van der Waals surface area contributed by atoms with E-state index in [0.717, 1.165) is 24.0 Å². The van der Waals surface area contributed by atoms with Crippen LogP contribution in [0.15, 0.2) is 0 Å². The lowest BCUT2D eigenvalue weighted by molar-refractivity contribution is 0.00342. The normalized spacial score (nSPS) is 40.7. The minimum atomic E-state index is 0.799. The van der Waals surface area contributed by atoms with Crippen LogP contribution in [0.2, 0.25) is 0 Å². The van der Waals surface area contributed by atoms with E-state index in [-0.39, 0.29) is 0 Å². The Balaban J connectivity index is 1.63. The minimum absolute atomic E-state index is 0.799. The quantitative estimate of drug-likeness (QED) is 0.789. The molecule has 2 atom stereocenters. The van der Waals surface area contributed by atoms with Gasteiger partial charge in [0.2, 0.25) is 0 Å². The molecule has 2 saturated heterocycles. The van der Waals surface area contributed by atoms with E-state index in [1.54, 1.807) is 0 Å². The van der Waals surface area contributed by atoms with E-state index in [0.29, 0.717) is 0 Å². The summed E-state index contributed by atoms with van der Waals surface area (Å²) < 4.78 is 0. The van der Waals surface area contributed by atoms with Crippen LogP contribution in [0.1, 0.15) is 51.4 Å². The lowest BCUT2D eigenvalue weighted by Crippen LogP contribution is -2.57. The predicted octanol–water partition coefficient (Wildman–Crippen LogP) is 2.39. The van der Waals surface area contributed by atoms with Crippen molar-refractivity contribution in [2.75, 3.05) is 13.6 Å². The zero-order valence-corrected chi connectivity index (χ0v) is 10.6. The Kier molecular flexibility index (Phi) is 3.21. The highest BCUT2D eigenvalue weighted by atomic mass is 15.2. The molecule has 0 aromatic heterocycles. The maximum atomic E-state index is 3.51. The molecule has 2 unspecified atom stereocenters. The van der Waals surface area contributed by atoms with E-state index in [1.165, 1.54) is 57.9 Å². The fourth-order valence-electron chi connectivity index (χ4n) is 3.99. The van der Waals surface area contributed by atoms with Crippen molar-refractivity contribution >= 4 is 0 Å². The smallest absolute Gasteiger partial charge is 0.0113 e. The summed E-state index contributed by atoms with van der Waals surface area (Å²) in [5.41, 5.74) is 0. The molecule has 0 aromatic carbocycles. The monoisotopic (exact) mass is 222 g/mol. The first-order valence-electron chi connectivity index (χ1n) is 7.30. The number of hydrogen-bond donors (Lipinski definition) is 1. The van der Waals surface area contributed by atoms with Crippen LogP contribution >= 0.6 is 0 Å². The molecular formula is C14H26N2. The second-order valence-electron chi connectivity index (χ2n) is 6.19. The summed E-state index contributed by atoms with van der Waals surface area (Å²) in [5.74, 6) is 1.05. The van der Waals surface area contributed by atoms with Gasteiger partial charge in [0.05, 0.1) is 0 Å². The summed E-state index contributed by atoms with van der Waals surface area (Å²) in [4.78, 5) is 2.89. The second kappa shape index (κ2) is 4.66. The molecule has 2 heterocycles. The summed E-state index contributed by atoms with van der Waals surface area (Å²) in [6.45, 7) is 1.42. The van der Waals surface area contributed by atoms with Crippen molar-refractivity contribution in [1.82, 2.24) is 10.2 Å². The highest BCUT2D eigenvalue weighted by molar-refractivity contribution is 4.95. The number of nitrogens with one attached hydrogen (secondary N) is 1. The molecule has 0 amide bonds. The molecule has 92 valence electrons. The molecule has 16 heavy (non-hydrogen) atoms. The van der Waals surface area contributed by atoms with Crippen LogP contribution in [0.4, 0.5) is 0 Å². The lowest BCUT2D eigenvalue weighted by Gasteiger charge is -2.51. The summed E-state index contributed by atoms with van der Waals surface area (Å²) in [6.07, 6.45) is 11.7. The number of fused-ring (bicyclic) bond motifs is 2. The van der Waals surface area contributed by atoms with E-state index < -0.39 is 0 Å². The van der Waals surface area contributed by atoms with Gasteiger partial charge in [0, 0.05) is 24.7 Å². The van der Waals surface area contributed by atoms with Gasteiger partial charge in [-0.1, -0.05) is 12.8 Å². The standard InChI is InChI=1S/C14H26N2/c1-15-12-8-13-6-3-7-14(9-12)16(13)10-11-4-2-5-11/h11-15H,2-10H2,1H3. The fraction of sp³-hybridized carbons (Fsp3) is 1.00. The molecule has 0 radical (unpaired) electrons. The number of piperidine rings is 2. The number of rotatable bonds is 3. The van der Waals surface area contributed by atoms with Crippen molar-refractivity contribution in [2.45, 2.75) is 69.5 Å². The third kappa shape index (κ3) is 2.02. The molecule has 2 aliphatic heterocycles. The van der Waals surface area contributed by atoms with Crippen LogP contribution in [-0.2, 0) is 0 Å². The maximum absolute atomic E-state index is 3.51. The van der Waals surface area contributed by atoms with E-state index in [4.69, 9.17) is 0 Å². The van der Waals surface area contributed by atoms with E-state index in [1.807, 2.05) is 0 Å². The molecule has 2 nitrogen and oxygen atoms in total. The average Bonchev–Trinajstić information content (AvgIpc) is 2.22. The van der Waals surface area contributed by atoms with Gasteiger partial charge in [0.25, 0.3) is 0 Å². The average molecular weight is 222 g/mol. The Labute approximate surface area is 99.8 Å².